The average molecular weight is 476 g/mol. The van der Waals surface area contributed by atoms with Gasteiger partial charge in [0, 0.05) is 43.0 Å². The third-order valence-electron chi connectivity index (χ3n) is 5.36. The number of benzene rings is 1. The van der Waals surface area contributed by atoms with Gasteiger partial charge in [-0.25, -0.2) is 0 Å². The van der Waals surface area contributed by atoms with E-state index in [-0.39, 0.29) is 36.0 Å². The molecule has 2 unspecified atom stereocenters. The maximum Gasteiger partial charge on any atom is 0.310 e. The lowest BCUT2D eigenvalue weighted by Crippen LogP contribution is -2.48. The second kappa shape index (κ2) is 10.4. The fraction of sp³-hybridized carbons (Fsp3) is 0.364. The highest BCUT2D eigenvalue weighted by Crippen LogP contribution is 2.25. The zero-order chi connectivity index (χ0) is 24.1. The van der Waals surface area contributed by atoms with Crippen LogP contribution in [0.1, 0.15) is 36.2 Å². The summed E-state index contributed by atoms with van der Waals surface area (Å²) in [4.78, 5) is 63.6. The summed E-state index contributed by atoms with van der Waals surface area (Å²) >= 11 is 6.02. The molecule has 2 aromatic rings. The summed E-state index contributed by atoms with van der Waals surface area (Å²) in [5, 5.41) is 11.3. The van der Waals surface area contributed by atoms with Crippen molar-refractivity contribution in [2.75, 3.05) is 19.7 Å². The van der Waals surface area contributed by atoms with Crippen LogP contribution in [0.25, 0.3) is 0 Å². The normalized spacial score (nSPS) is 16.7. The highest BCUT2D eigenvalue weighted by Gasteiger charge is 2.37. The van der Waals surface area contributed by atoms with Crippen LogP contribution in [-0.4, -0.2) is 51.7 Å². The summed E-state index contributed by atoms with van der Waals surface area (Å²) in [6.45, 7) is 2.20. The van der Waals surface area contributed by atoms with E-state index in [1.54, 1.807) is 6.92 Å². The number of amides is 1. The summed E-state index contributed by atoms with van der Waals surface area (Å²) in [6, 6.07) is 5.75. The smallest absolute Gasteiger partial charge is 0.310 e. The van der Waals surface area contributed by atoms with Crippen LogP contribution in [0.3, 0.4) is 0 Å². The molecular weight excluding hydrogens is 454 g/mol. The highest BCUT2D eigenvalue weighted by molar-refractivity contribution is 6.30. The van der Waals surface area contributed by atoms with Crippen molar-refractivity contribution in [2.24, 2.45) is 5.92 Å². The molecular formula is C22H22ClN3O7. The highest BCUT2D eigenvalue weighted by atomic mass is 35.5. The molecule has 11 heteroatoms. The number of pyridine rings is 1. The van der Waals surface area contributed by atoms with Gasteiger partial charge < -0.3 is 9.64 Å². The van der Waals surface area contributed by atoms with Crippen molar-refractivity contribution < 1.29 is 24.0 Å². The fourth-order valence-corrected chi connectivity index (χ4v) is 3.94. The number of nitro groups is 1. The van der Waals surface area contributed by atoms with Crippen molar-refractivity contribution in [3.63, 3.8) is 0 Å². The predicted octanol–water partition coefficient (Wildman–Crippen LogP) is 2.64. The largest absolute Gasteiger partial charge is 0.466 e. The number of nitrogens with zero attached hydrogens (tertiary/aromatic N) is 3. The Labute approximate surface area is 193 Å². The topological polar surface area (TPSA) is 129 Å². The van der Waals surface area contributed by atoms with Crippen LogP contribution in [0.5, 0.6) is 0 Å². The van der Waals surface area contributed by atoms with Gasteiger partial charge in [-0.2, -0.15) is 0 Å². The van der Waals surface area contributed by atoms with Gasteiger partial charge in [0.15, 0.2) is 11.8 Å². The van der Waals surface area contributed by atoms with Crippen LogP contribution >= 0.6 is 11.6 Å². The number of rotatable bonds is 7. The second-order valence-electron chi connectivity index (χ2n) is 7.54. The van der Waals surface area contributed by atoms with Gasteiger partial charge in [0.25, 0.3) is 17.2 Å². The van der Waals surface area contributed by atoms with E-state index in [4.69, 9.17) is 16.3 Å². The standard InChI is InChI=1S/C22H22ClN3O7/c1-2-33-22(30)15-6-4-10-24(12-15)21(29)19(25-13-16(23)8-9-18(25)27)20(28)14-5-3-7-17(11-14)26(31)32/h3,5,7-9,11,13,15,19H,2,4,6,10,12H2,1H3. The Morgan fingerprint density at radius 3 is 2.73 bits per heavy atom. The monoisotopic (exact) mass is 475 g/mol. The minimum atomic E-state index is -1.64. The summed E-state index contributed by atoms with van der Waals surface area (Å²) in [6.07, 6.45) is 2.22. The van der Waals surface area contributed by atoms with Gasteiger partial charge in [0.2, 0.25) is 0 Å². The molecule has 10 nitrogen and oxygen atoms in total. The molecule has 1 amide bonds. The number of Topliss-reactive ketones (excluding diaryl/α,β-unsaturated/α-hetero) is 1. The quantitative estimate of drug-likeness (QED) is 0.198. The summed E-state index contributed by atoms with van der Waals surface area (Å²) in [5.41, 5.74) is -1.07. The minimum absolute atomic E-state index is 0.0334. The number of hydrogen-bond acceptors (Lipinski definition) is 7. The van der Waals surface area contributed by atoms with Crippen molar-refractivity contribution in [3.8, 4) is 0 Å². The number of halogens is 1. The first-order chi connectivity index (χ1) is 15.7. The van der Waals surface area contributed by atoms with Crippen molar-refractivity contribution in [3.05, 3.63) is 73.6 Å². The molecule has 1 aliphatic rings. The number of carbonyl (C=O) groups excluding carboxylic acids is 3. The average Bonchev–Trinajstić information content (AvgIpc) is 2.81. The van der Waals surface area contributed by atoms with E-state index in [0.717, 1.165) is 16.7 Å². The van der Waals surface area contributed by atoms with E-state index in [9.17, 15) is 29.3 Å². The Morgan fingerprint density at radius 1 is 1.27 bits per heavy atom. The van der Waals surface area contributed by atoms with E-state index >= 15 is 0 Å². The lowest BCUT2D eigenvalue weighted by Gasteiger charge is -2.34. The Kier molecular flexibility index (Phi) is 7.59. The third kappa shape index (κ3) is 5.46. The number of nitro benzene ring substituents is 1. The predicted molar refractivity (Wildman–Crippen MR) is 118 cm³/mol. The van der Waals surface area contributed by atoms with Crippen molar-refractivity contribution in [1.29, 1.82) is 0 Å². The van der Waals surface area contributed by atoms with E-state index in [1.165, 1.54) is 35.4 Å². The molecule has 174 valence electrons. The molecule has 1 aromatic heterocycles. The van der Waals surface area contributed by atoms with Crippen molar-refractivity contribution >= 4 is 34.9 Å². The van der Waals surface area contributed by atoms with Gasteiger partial charge in [-0.1, -0.05) is 23.7 Å². The zero-order valence-electron chi connectivity index (χ0n) is 17.8. The third-order valence-corrected chi connectivity index (χ3v) is 5.58. The molecule has 33 heavy (non-hydrogen) atoms. The number of esters is 1. The van der Waals surface area contributed by atoms with Gasteiger partial charge in [-0.05, 0) is 25.8 Å². The number of carbonyl (C=O) groups is 3. The molecule has 0 spiro atoms. The van der Waals surface area contributed by atoms with Crippen LogP contribution in [0.2, 0.25) is 5.02 Å². The molecule has 1 saturated heterocycles. The number of piperidine rings is 1. The molecule has 2 atom stereocenters. The fourth-order valence-electron chi connectivity index (χ4n) is 3.77. The van der Waals surface area contributed by atoms with Gasteiger partial charge in [-0.3, -0.25) is 33.9 Å². The zero-order valence-corrected chi connectivity index (χ0v) is 18.6. The van der Waals surface area contributed by atoms with Crippen LogP contribution in [-0.2, 0) is 14.3 Å². The van der Waals surface area contributed by atoms with E-state index in [2.05, 4.69) is 0 Å². The molecule has 0 N–H and O–H groups in total. The minimum Gasteiger partial charge on any atom is -0.466 e. The van der Waals surface area contributed by atoms with E-state index in [1.807, 2.05) is 0 Å². The molecule has 0 radical (unpaired) electrons. The van der Waals surface area contributed by atoms with Gasteiger partial charge in [-0.15, -0.1) is 0 Å². The molecule has 3 rings (SSSR count). The molecule has 0 saturated carbocycles. The molecule has 1 fully saturated rings. The molecule has 2 heterocycles. The van der Waals surface area contributed by atoms with Crippen LogP contribution in [0.4, 0.5) is 5.69 Å². The number of ketones is 1. The number of hydrogen-bond donors (Lipinski definition) is 0. The Balaban J connectivity index is 2.01. The first kappa shape index (κ1) is 24.1. The SMILES string of the molecule is CCOC(=O)C1CCCN(C(=O)C(C(=O)c2cccc([N+](=O)[O-])c2)n2cc(Cl)ccc2=O)C1. The van der Waals surface area contributed by atoms with Gasteiger partial charge in [0.05, 0.1) is 22.5 Å². The number of ether oxygens (including phenoxy) is 1. The first-order valence-electron chi connectivity index (χ1n) is 10.3. The lowest BCUT2D eigenvalue weighted by molar-refractivity contribution is -0.384. The second-order valence-corrected chi connectivity index (χ2v) is 7.98. The summed E-state index contributed by atoms with van der Waals surface area (Å²) in [5.74, 6) is -2.49. The van der Waals surface area contributed by atoms with Crippen molar-refractivity contribution in [1.82, 2.24) is 9.47 Å². The molecule has 0 bridgehead atoms. The maximum absolute atomic E-state index is 13.5. The maximum atomic E-state index is 13.5. The van der Waals surface area contributed by atoms with Crippen LogP contribution in [0.15, 0.2) is 47.4 Å². The van der Waals surface area contributed by atoms with Gasteiger partial charge >= 0.3 is 5.97 Å². The first-order valence-corrected chi connectivity index (χ1v) is 10.7. The van der Waals surface area contributed by atoms with E-state index < -0.39 is 40.1 Å². The van der Waals surface area contributed by atoms with Gasteiger partial charge in [0.1, 0.15) is 0 Å². The number of non-ortho nitro benzene ring substituents is 1. The van der Waals surface area contributed by atoms with Crippen LogP contribution in [0, 0.1) is 16.0 Å². The molecule has 0 aliphatic carbocycles. The Bertz CT molecular complexity index is 1150. The molecule has 1 aliphatic heterocycles. The molecule has 1 aromatic carbocycles. The van der Waals surface area contributed by atoms with Crippen LogP contribution < -0.4 is 5.56 Å². The number of aromatic nitrogens is 1. The Hall–Kier alpha value is -3.53. The number of likely N-dealkylation sites (tertiary alicyclic amines) is 1. The van der Waals surface area contributed by atoms with Crippen molar-refractivity contribution in [2.45, 2.75) is 25.8 Å². The Morgan fingerprint density at radius 2 is 2.03 bits per heavy atom. The summed E-state index contributed by atoms with van der Waals surface area (Å²) < 4.78 is 5.98. The summed E-state index contributed by atoms with van der Waals surface area (Å²) in [7, 11) is 0. The lowest BCUT2D eigenvalue weighted by atomic mass is 9.96. The van der Waals surface area contributed by atoms with E-state index in [0.29, 0.717) is 12.8 Å².